The molecule has 0 spiro atoms. The lowest BCUT2D eigenvalue weighted by molar-refractivity contribution is -0.368. The molecule has 5 heteroatoms. The van der Waals surface area contributed by atoms with Crippen molar-refractivity contribution in [1.29, 1.82) is 0 Å². The topological polar surface area (TPSA) is 76.0 Å². The van der Waals surface area contributed by atoms with Gasteiger partial charge in [-0.25, -0.2) is 0 Å². The second-order valence-corrected chi connectivity index (χ2v) is 16.1. The van der Waals surface area contributed by atoms with Crippen molar-refractivity contribution in [1.82, 2.24) is 0 Å². The number of aliphatic hydroxyl groups is 1. The number of carboxylic acid groups (broad SMARTS) is 1. The third-order valence-corrected chi connectivity index (χ3v) is 14.3. The fraction of sp³-hybridized carbons (Fsp3) is 0.909. The third kappa shape index (κ3) is 3.19. The molecule has 214 valence electrons. The van der Waals surface area contributed by atoms with E-state index in [9.17, 15) is 15.0 Å². The van der Waals surface area contributed by atoms with Gasteiger partial charge in [-0.05, 0) is 111 Å². The molecule has 0 aromatic carbocycles. The normalized spacial score (nSPS) is 57.3. The van der Waals surface area contributed by atoms with Crippen LogP contribution in [0.2, 0.25) is 0 Å². The number of rotatable bonds is 1. The molecule has 2 N–H and O–H groups in total. The average Bonchev–Trinajstić information content (AvgIpc) is 2.82. The van der Waals surface area contributed by atoms with Crippen molar-refractivity contribution in [2.24, 2.45) is 56.7 Å². The predicted octanol–water partition coefficient (Wildman–Crippen LogP) is 6.83. The van der Waals surface area contributed by atoms with Gasteiger partial charge in [0.2, 0.25) is 0 Å². The summed E-state index contributed by atoms with van der Waals surface area (Å²) in [6, 6.07) is 0. The summed E-state index contributed by atoms with van der Waals surface area (Å²) in [5.41, 5.74) is 0.690. The van der Waals surface area contributed by atoms with Gasteiger partial charge in [-0.3, -0.25) is 4.79 Å². The first-order valence-electron chi connectivity index (χ1n) is 15.5. The van der Waals surface area contributed by atoms with Gasteiger partial charge in [-0.15, -0.1) is 0 Å². The minimum absolute atomic E-state index is 0.0108. The molecule has 0 bridgehead atoms. The molecule has 1 aliphatic heterocycles. The molecule has 4 saturated carbocycles. The summed E-state index contributed by atoms with van der Waals surface area (Å²) in [7, 11) is 0. The van der Waals surface area contributed by atoms with Crippen molar-refractivity contribution < 1.29 is 24.5 Å². The summed E-state index contributed by atoms with van der Waals surface area (Å²) in [6.07, 6.45) is 9.41. The Hall–Kier alpha value is -0.910. The number of fused-ring (bicyclic) bond motifs is 9. The summed E-state index contributed by atoms with van der Waals surface area (Å²) < 4.78 is 12.7. The molecular weight excluding hydrogens is 476 g/mol. The molecule has 1 saturated heterocycles. The van der Waals surface area contributed by atoms with Gasteiger partial charge in [-0.1, -0.05) is 53.2 Å². The van der Waals surface area contributed by atoms with Crippen LogP contribution in [0.3, 0.4) is 0 Å². The molecular formula is C33H52O5. The lowest BCUT2D eigenvalue weighted by Gasteiger charge is -2.72. The zero-order valence-corrected chi connectivity index (χ0v) is 25.1. The van der Waals surface area contributed by atoms with E-state index in [1.54, 1.807) is 0 Å². The van der Waals surface area contributed by atoms with Gasteiger partial charge < -0.3 is 19.7 Å². The molecule has 12 atom stereocenters. The summed E-state index contributed by atoms with van der Waals surface area (Å²) >= 11 is 0. The van der Waals surface area contributed by atoms with E-state index in [0.29, 0.717) is 30.3 Å². The lowest BCUT2D eigenvalue weighted by atomic mass is 9.33. The molecule has 5 aliphatic carbocycles. The first-order chi connectivity index (χ1) is 17.6. The molecule has 38 heavy (non-hydrogen) atoms. The summed E-state index contributed by atoms with van der Waals surface area (Å²) in [5, 5.41) is 22.2. The number of hydrogen-bond acceptors (Lipinski definition) is 4. The smallest absolute Gasteiger partial charge is 0.310 e. The third-order valence-electron chi connectivity index (χ3n) is 14.3. The van der Waals surface area contributed by atoms with E-state index >= 15 is 0 Å². The highest BCUT2D eigenvalue weighted by Gasteiger charge is 2.71. The minimum Gasteiger partial charge on any atom is -0.481 e. The van der Waals surface area contributed by atoms with Gasteiger partial charge in [0.15, 0.2) is 5.79 Å². The highest BCUT2D eigenvalue weighted by Crippen LogP contribution is 2.76. The Morgan fingerprint density at radius 1 is 0.947 bits per heavy atom. The van der Waals surface area contributed by atoms with E-state index < -0.39 is 23.3 Å². The molecule has 6 aliphatic rings. The van der Waals surface area contributed by atoms with Crippen LogP contribution in [0.5, 0.6) is 0 Å². The largest absolute Gasteiger partial charge is 0.481 e. The van der Waals surface area contributed by atoms with Crippen LogP contribution in [0.1, 0.15) is 107 Å². The number of hydrogen-bond donors (Lipinski definition) is 2. The molecule has 0 aromatic heterocycles. The van der Waals surface area contributed by atoms with Gasteiger partial charge >= 0.3 is 5.97 Å². The Balaban J connectivity index is 1.42. The maximum Gasteiger partial charge on any atom is 0.310 e. The average molecular weight is 529 g/mol. The Morgan fingerprint density at radius 3 is 2.34 bits per heavy atom. The molecule has 3 unspecified atom stereocenters. The first-order valence-corrected chi connectivity index (χ1v) is 15.5. The second kappa shape index (κ2) is 8.10. The Bertz CT molecular complexity index is 1050. The molecule has 1 heterocycles. The van der Waals surface area contributed by atoms with Crippen LogP contribution >= 0.6 is 0 Å². The quantitative estimate of drug-likeness (QED) is 0.365. The Labute approximate surface area is 230 Å². The van der Waals surface area contributed by atoms with Crippen molar-refractivity contribution in [2.75, 3.05) is 6.61 Å². The maximum atomic E-state index is 12.9. The van der Waals surface area contributed by atoms with E-state index in [2.05, 4.69) is 47.6 Å². The van der Waals surface area contributed by atoms with Crippen molar-refractivity contribution in [3.8, 4) is 0 Å². The van der Waals surface area contributed by atoms with Crippen LogP contribution in [0.4, 0.5) is 0 Å². The summed E-state index contributed by atoms with van der Waals surface area (Å²) in [5.74, 6) is 0.702. The highest BCUT2D eigenvalue weighted by molar-refractivity contribution is 5.76. The molecule has 5 nitrogen and oxygen atoms in total. The molecule has 0 aromatic rings. The molecule has 0 radical (unpaired) electrons. The van der Waals surface area contributed by atoms with Gasteiger partial charge in [0.25, 0.3) is 0 Å². The van der Waals surface area contributed by atoms with Crippen molar-refractivity contribution in [3.05, 3.63) is 11.6 Å². The minimum atomic E-state index is -0.662. The fourth-order valence-electron chi connectivity index (χ4n) is 11.9. The lowest BCUT2D eigenvalue weighted by Crippen LogP contribution is -2.70. The zero-order chi connectivity index (χ0) is 27.7. The Kier molecular flexibility index (Phi) is 5.81. The van der Waals surface area contributed by atoms with Crippen molar-refractivity contribution in [2.45, 2.75) is 125 Å². The Morgan fingerprint density at radius 2 is 1.66 bits per heavy atom. The predicted molar refractivity (Wildman–Crippen MR) is 147 cm³/mol. The van der Waals surface area contributed by atoms with Gasteiger partial charge in [-0.2, -0.15) is 0 Å². The van der Waals surface area contributed by atoms with Crippen molar-refractivity contribution in [3.63, 3.8) is 0 Å². The summed E-state index contributed by atoms with van der Waals surface area (Å²) in [4.78, 5) is 12.9. The number of ether oxygens (including phenoxy) is 2. The highest BCUT2D eigenvalue weighted by atomic mass is 16.7. The molecule has 0 amide bonds. The zero-order valence-electron chi connectivity index (χ0n) is 25.1. The van der Waals surface area contributed by atoms with E-state index in [0.717, 1.165) is 51.4 Å². The van der Waals surface area contributed by atoms with E-state index in [4.69, 9.17) is 9.47 Å². The monoisotopic (exact) mass is 528 g/mol. The van der Waals surface area contributed by atoms with Gasteiger partial charge in [0.05, 0.1) is 24.2 Å². The van der Waals surface area contributed by atoms with Gasteiger partial charge in [0.1, 0.15) is 0 Å². The number of allylic oxidation sites excluding steroid dienone is 2. The first kappa shape index (κ1) is 27.3. The van der Waals surface area contributed by atoms with Crippen LogP contribution in [0, 0.1) is 56.7 Å². The maximum absolute atomic E-state index is 12.9. The van der Waals surface area contributed by atoms with E-state index in [-0.39, 0.29) is 33.7 Å². The SMILES string of the molecule is C[C@@H]1CC[C@]2(C(=O)O)CC[C@]3(C)C(=CCC4[C@@]5(C)C[C@@H](O)[C@@H]6OC(C)(C)OC[C@]6(C)C5CC[C@]43C)C2[C@H]1C. The van der Waals surface area contributed by atoms with Crippen LogP contribution < -0.4 is 0 Å². The summed E-state index contributed by atoms with van der Waals surface area (Å²) in [6.45, 7) is 19.0. The molecule has 6 rings (SSSR count). The van der Waals surface area contributed by atoms with Crippen LogP contribution in [0.15, 0.2) is 11.6 Å². The van der Waals surface area contributed by atoms with Crippen LogP contribution in [-0.4, -0.2) is 40.8 Å². The van der Waals surface area contributed by atoms with E-state index in [1.165, 1.54) is 5.57 Å². The number of aliphatic hydroxyl groups excluding tert-OH is 1. The number of carbonyl (C=O) groups is 1. The number of aliphatic carboxylic acids is 1. The van der Waals surface area contributed by atoms with Crippen LogP contribution in [0.25, 0.3) is 0 Å². The van der Waals surface area contributed by atoms with Crippen LogP contribution in [-0.2, 0) is 14.3 Å². The fourth-order valence-corrected chi connectivity index (χ4v) is 11.9. The standard InChI is InChI=1S/C33H52O5/c1-19-11-14-33(27(35)36)16-15-31(7)21(25(33)20(19)2)9-10-24-29(5)17-22(34)26-30(6,18-37-28(3,4)38-26)23(29)12-13-32(24,31)8/h9,19-20,22-26,34H,10-18H2,1-8H3,(H,35,36)/t19-,20+,22-,23?,24?,25?,26+,29+,30-,31-,32-,33+/m1/s1. The number of carboxylic acids is 1. The second-order valence-electron chi connectivity index (χ2n) is 16.1. The van der Waals surface area contributed by atoms with E-state index in [1.807, 2.05) is 13.8 Å². The van der Waals surface area contributed by atoms with Gasteiger partial charge in [0, 0.05) is 5.41 Å². The van der Waals surface area contributed by atoms with Crippen molar-refractivity contribution >= 4 is 5.97 Å². The molecule has 5 fully saturated rings.